The van der Waals surface area contributed by atoms with Crippen molar-refractivity contribution in [2.45, 2.75) is 19.9 Å². The standard InChI is InChI=1S/C16H17N3OS/c1-3-15-18-19-16(21-15)17-10-13-12-7-5-4-6-11(12)8-9-14(13)20-2/h4-9H,3,10H2,1-2H3,(H,17,19). The lowest BCUT2D eigenvalue weighted by Crippen LogP contribution is -2.02. The van der Waals surface area contributed by atoms with Crippen molar-refractivity contribution in [1.82, 2.24) is 10.2 Å². The molecule has 108 valence electrons. The molecule has 0 radical (unpaired) electrons. The number of hydrogen-bond donors (Lipinski definition) is 1. The number of methoxy groups -OCH3 is 1. The maximum Gasteiger partial charge on any atom is 0.205 e. The third kappa shape index (κ3) is 2.83. The summed E-state index contributed by atoms with van der Waals surface area (Å²) in [5.41, 5.74) is 1.14. The number of aromatic nitrogens is 2. The zero-order valence-electron chi connectivity index (χ0n) is 12.1. The Morgan fingerprint density at radius 1 is 1.14 bits per heavy atom. The molecule has 0 bridgehead atoms. The van der Waals surface area contributed by atoms with Crippen LogP contribution in [0.25, 0.3) is 10.8 Å². The minimum Gasteiger partial charge on any atom is -0.496 e. The quantitative estimate of drug-likeness (QED) is 0.777. The van der Waals surface area contributed by atoms with Crippen molar-refractivity contribution < 1.29 is 4.74 Å². The molecule has 5 heteroatoms. The Morgan fingerprint density at radius 2 is 2.00 bits per heavy atom. The molecule has 1 heterocycles. The highest BCUT2D eigenvalue weighted by Gasteiger charge is 2.09. The molecule has 0 saturated carbocycles. The van der Waals surface area contributed by atoms with Gasteiger partial charge in [-0.05, 0) is 23.3 Å². The van der Waals surface area contributed by atoms with E-state index in [1.54, 1.807) is 18.4 Å². The highest BCUT2D eigenvalue weighted by atomic mass is 32.1. The number of hydrogen-bond acceptors (Lipinski definition) is 5. The topological polar surface area (TPSA) is 47.0 Å². The van der Waals surface area contributed by atoms with Gasteiger partial charge in [0.05, 0.1) is 7.11 Å². The van der Waals surface area contributed by atoms with Crippen LogP contribution >= 0.6 is 11.3 Å². The Balaban J connectivity index is 1.91. The van der Waals surface area contributed by atoms with E-state index in [1.165, 1.54) is 10.8 Å². The number of nitrogens with zero attached hydrogens (tertiary/aromatic N) is 2. The van der Waals surface area contributed by atoms with Crippen LogP contribution < -0.4 is 10.1 Å². The molecule has 0 unspecified atom stereocenters. The first-order valence-electron chi connectivity index (χ1n) is 6.92. The maximum absolute atomic E-state index is 5.50. The molecular formula is C16H17N3OS. The summed E-state index contributed by atoms with van der Waals surface area (Å²) < 4.78 is 5.50. The Hall–Kier alpha value is -2.14. The van der Waals surface area contributed by atoms with Crippen molar-refractivity contribution in [2.24, 2.45) is 0 Å². The number of benzene rings is 2. The molecule has 21 heavy (non-hydrogen) atoms. The predicted molar refractivity (Wildman–Crippen MR) is 87.1 cm³/mol. The minimum absolute atomic E-state index is 0.670. The summed E-state index contributed by atoms with van der Waals surface area (Å²) >= 11 is 1.60. The van der Waals surface area contributed by atoms with Gasteiger partial charge in [0.15, 0.2) is 0 Å². The van der Waals surface area contributed by atoms with Gasteiger partial charge in [-0.2, -0.15) is 0 Å². The summed E-state index contributed by atoms with van der Waals surface area (Å²) in [5.74, 6) is 0.890. The van der Waals surface area contributed by atoms with Gasteiger partial charge < -0.3 is 10.1 Å². The summed E-state index contributed by atoms with van der Waals surface area (Å²) in [6, 6.07) is 12.4. The van der Waals surface area contributed by atoms with Crippen LogP contribution in [0.15, 0.2) is 36.4 Å². The van der Waals surface area contributed by atoms with E-state index in [1.807, 2.05) is 18.2 Å². The minimum atomic E-state index is 0.670. The molecule has 0 spiro atoms. The van der Waals surface area contributed by atoms with Gasteiger partial charge in [0.2, 0.25) is 5.13 Å². The molecule has 0 saturated heterocycles. The lowest BCUT2D eigenvalue weighted by atomic mass is 10.0. The number of fused-ring (bicyclic) bond motifs is 1. The molecule has 0 aliphatic rings. The smallest absolute Gasteiger partial charge is 0.205 e. The van der Waals surface area contributed by atoms with Crippen molar-refractivity contribution in [1.29, 1.82) is 0 Å². The highest BCUT2D eigenvalue weighted by Crippen LogP contribution is 2.29. The van der Waals surface area contributed by atoms with Gasteiger partial charge in [0.25, 0.3) is 0 Å². The second-order valence-corrected chi connectivity index (χ2v) is 5.74. The van der Waals surface area contributed by atoms with Crippen molar-refractivity contribution in [3.8, 4) is 5.75 Å². The molecule has 0 amide bonds. The van der Waals surface area contributed by atoms with E-state index in [2.05, 4.69) is 40.6 Å². The number of anilines is 1. The summed E-state index contributed by atoms with van der Waals surface area (Å²) in [7, 11) is 1.70. The van der Waals surface area contributed by atoms with Crippen molar-refractivity contribution >= 4 is 27.2 Å². The van der Waals surface area contributed by atoms with Crippen LogP contribution in [0.1, 0.15) is 17.5 Å². The highest BCUT2D eigenvalue weighted by molar-refractivity contribution is 7.15. The second kappa shape index (κ2) is 6.10. The lowest BCUT2D eigenvalue weighted by Gasteiger charge is -2.12. The second-order valence-electron chi connectivity index (χ2n) is 4.68. The first-order chi connectivity index (χ1) is 10.3. The van der Waals surface area contributed by atoms with Crippen LogP contribution in [0.3, 0.4) is 0 Å². The molecule has 3 aromatic rings. The zero-order chi connectivity index (χ0) is 14.7. The van der Waals surface area contributed by atoms with E-state index >= 15 is 0 Å². The first-order valence-corrected chi connectivity index (χ1v) is 7.74. The fraction of sp³-hybridized carbons (Fsp3) is 0.250. The maximum atomic E-state index is 5.50. The molecular weight excluding hydrogens is 282 g/mol. The van der Waals surface area contributed by atoms with E-state index in [9.17, 15) is 0 Å². The van der Waals surface area contributed by atoms with Gasteiger partial charge in [-0.1, -0.05) is 48.6 Å². The third-order valence-electron chi connectivity index (χ3n) is 3.40. The van der Waals surface area contributed by atoms with Crippen molar-refractivity contribution in [2.75, 3.05) is 12.4 Å². The van der Waals surface area contributed by atoms with E-state index in [4.69, 9.17) is 4.74 Å². The van der Waals surface area contributed by atoms with E-state index in [-0.39, 0.29) is 0 Å². The third-order valence-corrected chi connectivity index (χ3v) is 4.43. The fourth-order valence-electron chi connectivity index (χ4n) is 2.32. The largest absolute Gasteiger partial charge is 0.496 e. The van der Waals surface area contributed by atoms with E-state index in [0.717, 1.165) is 27.9 Å². The molecule has 1 N–H and O–H groups in total. The van der Waals surface area contributed by atoms with Gasteiger partial charge in [0.1, 0.15) is 10.8 Å². The number of nitrogens with one attached hydrogen (secondary N) is 1. The normalized spacial score (nSPS) is 10.8. The Kier molecular flexibility index (Phi) is 4.01. The van der Waals surface area contributed by atoms with Gasteiger partial charge in [0, 0.05) is 12.1 Å². The molecule has 0 atom stereocenters. The number of aryl methyl sites for hydroxylation is 1. The summed E-state index contributed by atoms with van der Waals surface area (Å²) in [6.07, 6.45) is 0.914. The molecule has 0 aliphatic heterocycles. The average Bonchev–Trinajstić information content (AvgIpc) is 3.00. The van der Waals surface area contributed by atoms with Crippen molar-refractivity contribution in [3.63, 3.8) is 0 Å². The summed E-state index contributed by atoms with van der Waals surface area (Å²) in [6.45, 7) is 2.75. The molecule has 0 aliphatic carbocycles. The van der Waals surface area contributed by atoms with Crippen LogP contribution in [0.4, 0.5) is 5.13 Å². The number of ether oxygens (including phenoxy) is 1. The Bertz CT molecular complexity index is 754. The van der Waals surface area contributed by atoms with Crippen molar-refractivity contribution in [3.05, 3.63) is 47.0 Å². The predicted octanol–water partition coefficient (Wildman–Crippen LogP) is 3.87. The number of rotatable bonds is 5. The molecule has 3 rings (SSSR count). The lowest BCUT2D eigenvalue weighted by molar-refractivity contribution is 0.411. The van der Waals surface area contributed by atoms with Crippen LogP contribution in [-0.2, 0) is 13.0 Å². The Morgan fingerprint density at radius 3 is 2.76 bits per heavy atom. The van der Waals surface area contributed by atoms with E-state index in [0.29, 0.717) is 6.54 Å². The zero-order valence-corrected chi connectivity index (χ0v) is 12.9. The van der Waals surface area contributed by atoms with Crippen LogP contribution in [0.5, 0.6) is 5.75 Å². The fourth-order valence-corrected chi connectivity index (χ4v) is 3.00. The Labute approximate surface area is 127 Å². The van der Waals surface area contributed by atoms with E-state index < -0.39 is 0 Å². The summed E-state index contributed by atoms with van der Waals surface area (Å²) in [5, 5.41) is 15.9. The molecule has 2 aromatic carbocycles. The van der Waals surface area contributed by atoms with Crippen LogP contribution in [0, 0.1) is 0 Å². The van der Waals surface area contributed by atoms with Crippen LogP contribution in [-0.4, -0.2) is 17.3 Å². The molecule has 0 fully saturated rings. The first kappa shape index (κ1) is 13.8. The SMILES string of the molecule is CCc1nnc(NCc2c(OC)ccc3ccccc23)s1. The molecule has 4 nitrogen and oxygen atoms in total. The average molecular weight is 299 g/mol. The monoisotopic (exact) mass is 299 g/mol. The molecule has 1 aromatic heterocycles. The van der Waals surface area contributed by atoms with Gasteiger partial charge >= 0.3 is 0 Å². The van der Waals surface area contributed by atoms with Gasteiger partial charge in [-0.15, -0.1) is 10.2 Å². The van der Waals surface area contributed by atoms with Gasteiger partial charge in [-0.3, -0.25) is 0 Å². The summed E-state index contributed by atoms with van der Waals surface area (Å²) in [4.78, 5) is 0. The van der Waals surface area contributed by atoms with Gasteiger partial charge in [-0.25, -0.2) is 0 Å². The van der Waals surface area contributed by atoms with Crippen LogP contribution in [0.2, 0.25) is 0 Å².